The summed E-state index contributed by atoms with van der Waals surface area (Å²) in [6, 6.07) is 13.0. The third-order valence-corrected chi connectivity index (χ3v) is 3.37. The molecule has 5 heteroatoms. The second-order valence-corrected chi connectivity index (χ2v) is 5.38. The van der Waals surface area contributed by atoms with Gasteiger partial charge in [0.1, 0.15) is 5.75 Å². The van der Waals surface area contributed by atoms with Crippen molar-refractivity contribution in [3.05, 3.63) is 53.1 Å². The predicted octanol–water partition coefficient (Wildman–Crippen LogP) is 4.10. The molecule has 0 saturated heterocycles. The molecule has 0 heterocycles. The van der Waals surface area contributed by atoms with Crippen molar-refractivity contribution in [3.8, 4) is 5.75 Å². The Bertz CT molecular complexity index is 659. The normalized spacial score (nSPS) is 10.1. The number of carbonyl (C=O) groups is 1. The first-order valence-corrected chi connectivity index (χ1v) is 7.40. The first-order chi connectivity index (χ1) is 10.6. The number of methoxy groups -OCH3 is 1. The van der Waals surface area contributed by atoms with E-state index in [1.54, 1.807) is 25.3 Å². The average molecular weight is 319 g/mol. The van der Waals surface area contributed by atoms with E-state index in [2.05, 4.69) is 10.6 Å². The number of halogens is 1. The molecule has 22 heavy (non-hydrogen) atoms. The van der Waals surface area contributed by atoms with Crippen molar-refractivity contribution in [2.45, 2.75) is 13.3 Å². The summed E-state index contributed by atoms with van der Waals surface area (Å²) in [6.07, 6.45) is 0.351. The number of carbonyl (C=O) groups excluding carboxylic acids is 1. The van der Waals surface area contributed by atoms with Gasteiger partial charge in [-0.2, -0.15) is 0 Å². The van der Waals surface area contributed by atoms with Crippen LogP contribution in [0.15, 0.2) is 42.5 Å². The summed E-state index contributed by atoms with van der Waals surface area (Å²) in [4.78, 5) is 11.9. The molecule has 0 spiro atoms. The summed E-state index contributed by atoms with van der Waals surface area (Å²) in [7, 11) is 1.60. The molecule has 0 saturated carbocycles. The smallest absolute Gasteiger partial charge is 0.226 e. The molecule has 0 aliphatic rings. The van der Waals surface area contributed by atoms with Crippen molar-refractivity contribution in [2.75, 3.05) is 24.3 Å². The van der Waals surface area contributed by atoms with Gasteiger partial charge in [-0.1, -0.05) is 23.7 Å². The Morgan fingerprint density at radius 3 is 2.77 bits per heavy atom. The third-order valence-electron chi connectivity index (χ3n) is 3.13. The van der Waals surface area contributed by atoms with Crippen LogP contribution in [-0.2, 0) is 4.79 Å². The molecular formula is C17H19ClN2O2. The lowest BCUT2D eigenvalue weighted by atomic mass is 10.2. The number of nitrogens with one attached hydrogen (secondary N) is 2. The van der Waals surface area contributed by atoms with Gasteiger partial charge in [0.2, 0.25) is 5.91 Å². The van der Waals surface area contributed by atoms with Crippen LogP contribution in [0.25, 0.3) is 0 Å². The van der Waals surface area contributed by atoms with Crippen molar-refractivity contribution in [1.82, 2.24) is 0 Å². The SMILES string of the molecule is COc1ccc(Cl)cc1NCCC(=O)Nc1cccc(C)c1. The van der Waals surface area contributed by atoms with E-state index in [1.165, 1.54) is 0 Å². The number of ether oxygens (including phenoxy) is 1. The number of rotatable bonds is 6. The molecule has 2 rings (SSSR count). The van der Waals surface area contributed by atoms with Crippen LogP contribution in [0.2, 0.25) is 5.02 Å². The van der Waals surface area contributed by atoms with E-state index in [0.29, 0.717) is 23.7 Å². The summed E-state index contributed by atoms with van der Waals surface area (Å²) >= 11 is 5.96. The van der Waals surface area contributed by atoms with Gasteiger partial charge in [0.05, 0.1) is 12.8 Å². The monoisotopic (exact) mass is 318 g/mol. The zero-order valence-electron chi connectivity index (χ0n) is 12.7. The molecule has 0 radical (unpaired) electrons. The Labute approximate surface area is 135 Å². The van der Waals surface area contributed by atoms with Crippen molar-refractivity contribution in [1.29, 1.82) is 0 Å². The molecule has 4 nitrogen and oxygen atoms in total. The molecule has 0 unspecified atom stereocenters. The van der Waals surface area contributed by atoms with Crippen molar-refractivity contribution < 1.29 is 9.53 Å². The second-order valence-electron chi connectivity index (χ2n) is 4.94. The predicted molar refractivity (Wildman–Crippen MR) is 90.9 cm³/mol. The molecule has 0 bridgehead atoms. The number of anilines is 2. The fraction of sp³-hybridized carbons (Fsp3) is 0.235. The van der Waals surface area contributed by atoms with Gasteiger partial charge >= 0.3 is 0 Å². The van der Waals surface area contributed by atoms with Crippen molar-refractivity contribution >= 4 is 28.9 Å². The maximum atomic E-state index is 11.9. The first-order valence-electron chi connectivity index (χ1n) is 7.02. The standard InChI is InChI=1S/C17H19ClN2O2/c1-12-4-3-5-14(10-12)20-17(21)8-9-19-15-11-13(18)6-7-16(15)22-2/h3-7,10-11,19H,8-9H2,1-2H3,(H,20,21). The van der Waals surface area contributed by atoms with Gasteiger partial charge in [0.25, 0.3) is 0 Å². The van der Waals surface area contributed by atoms with Crippen LogP contribution in [0, 0.1) is 6.92 Å². The summed E-state index contributed by atoms with van der Waals surface area (Å²) < 4.78 is 5.24. The van der Waals surface area contributed by atoms with E-state index < -0.39 is 0 Å². The summed E-state index contributed by atoms with van der Waals surface area (Å²) in [6.45, 7) is 2.48. The highest BCUT2D eigenvalue weighted by Crippen LogP contribution is 2.27. The van der Waals surface area contributed by atoms with Crippen LogP contribution in [0.3, 0.4) is 0 Å². The molecule has 2 aromatic carbocycles. The number of hydrogen-bond acceptors (Lipinski definition) is 3. The zero-order chi connectivity index (χ0) is 15.9. The zero-order valence-corrected chi connectivity index (χ0v) is 13.4. The van der Waals surface area contributed by atoms with E-state index >= 15 is 0 Å². The Morgan fingerprint density at radius 2 is 2.05 bits per heavy atom. The number of hydrogen-bond donors (Lipinski definition) is 2. The van der Waals surface area contributed by atoms with E-state index in [0.717, 1.165) is 16.9 Å². The van der Waals surface area contributed by atoms with Crippen LogP contribution in [0.1, 0.15) is 12.0 Å². The van der Waals surface area contributed by atoms with Gasteiger partial charge in [-0.05, 0) is 42.8 Å². The molecule has 0 aliphatic carbocycles. The summed E-state index contributed by atoms with van der Waals surface area (Å²) in [5.41, 5.74) is 2.70. The topological polar surface area (TPSA) is 50.4 Å². The quantitative estimate of drug-likeness (QED) is 0.843. The lowest BCUT2D eigenvalue weighted by molar-refractivity contribution is -0.115. The molecule has 1 amide bonds. The van der Waals surface area contributed by atoms with Crippen LogP contribution in [0.4, 0.5) is 11.4 Å². The Morgan fingerprint density at radius 1 is 1.23 bits per heavy atom. The minimum absolute atomic E-state index is 0.0425. The third kappa shape index (κ3) is 4.67. The van der Waals surface area contributed by atoms with Gasteiger partial charge < -0.3 is 15.4 Å². The van der Waals surface area contributed by atoms with Gasteiger partial charge in [-0.25, -0.2) is 0 Å². The molecular weight excluding hydrogens is 300 g/mol. The van der Waals surface area contributed by atoms with Gasteiger partial charge in [-0.3, -0.25) is 4.79 Å². The molecule has 0 fully saturated rings. The lowest BCUT2D eigenvalue weighted by Crippen LogP contribution is -2.16. The Balaban J connectivity index is 1.86. The fourth-order valence-electron chi connectivity index (χ4n) is 2.08. The van der Waals surface area contributed by atoms with Crippen molar-refractivity contribution in [3.63, 3.8) is 0 Å². The maximum Gasteiger partial charge on any atom is 0.226 e. The minimum Gasteiger partial charge on any atom is -0.495 e. The number of amides is 1. The average Bonchev–Trinajstić information content (AvgIpc) is 2.47. The van der Waals surface area contributed by atoms with Crippen LogP contribution >= 0.6 is 11.6 Å². The molecule has 0 aromatic heterocycles. The summed E-state index contributed by atoms with van der Waals surface area (Å²) in [5, 5.41) is 6.65. The van der Waals surface area contributed by atoms with E-state index in [9.17, 15) is 4.79 Å². The highest BCUT2D eigenvalue weighted by Gasteiger charge is 2.06. The maximum absolute atomic E-state index is 11.9. The van der Waals surface area contributed by atoms with Crippen LogP contribution < -0.4 is 15.4 Å². The molecule has 116 valence electrons. The van der Waals surface area contributed by atoms with Crippen LogP contribution in [-0.4, -0.2) is 19.6 Å². The first kappa shape index (κ1) is 16.2. The Hall–Kier alpha value is -2.20. The summed E-state index contributed by atoms with van der Waals surface area (Å²) in [5.74, 6) is 0.655. The van der Waals surface area contributed by atoms with Gasteiger partial charge in [0, 0.05) is 23.7 Å². The van der Waals surface area contributed by atoms with Crippen LogP contribution in [0.5, 0.6) is 5.75 Å². The number of benzene rings is 2. The molecule has 2 aromatic rings. The molecule has 0 aliphatic heterocycles. The fourth-order valence-corrected chi connectivity index (χ4v) is 2.25. The highest BCUT2D eigenvalue weighted by atomic mass is 35.5. The Kier molecular flexibility index (Phi) is 5.67. The van der Waals surface area contributed by atoms with Gasteiger partial charge in [-0.15, -0.1) is 0 Å². The molecule has 2 N–H and O–H groups in total. The minimum atomic E-state index is -0.0425. The second kappa shape index (κ2) is 7.71. The van der Waals surface area contributed by atoms with E-state index in [-0.39, 0.29) is 5.91 Å². The van der Waals surface area contributed by atoms with E-state index in [4.69, 9.17) is 16.3 Å². The molecule has 0 atom stereocenters. The lowest BCUT2D eigenvalue weighted by Gasteiger charge is -2.11. The van der Waals surface area contributed by atoms with Gasteiger partial charge in [0.15, 0.2) is 0 Å². The largest absolute Gasteiger partial charge is 0.495 e. The van der Waals surface area contributed by atoms with Crippen molar-refractivity contribution in [2.24, 2.45) is 0 Å². The number of aryl methyl sites for hydroxylation is 1. The van der Waals surface area contributed by atoms with E-state index in [1.807, 2.05) is 31.2 Å². The highest BCUT2D eigenvalue weighted by molar-refractivity contribution is 6.30.